The number of methoxy groups -OCH3 is 1. The summed E-state index contributed by atoms with van der Waals surface area (Å²) in [5.41, 5.74) is 0.328. The Kier molecular flexibility index (Phi) is 3.84. The zero-order chi connectivity index (χ0) is 16.6. The van der Waals surface area contributed by atoms with Gasteiger partial charge in [-0.2, -0.15) is 0 Å². The standard InChI is InChI=1S/C14H13BN2O5S/c1-22-14-8-7-12-11(16-14)9-13(15(18)19)17(12)23(20,21)10-5-3-2-4-6-10/h2-9,18-19H,1H3. The van der Waals surface area contributed by atoms with Gasteiger partial charge in [0.1, 0.15) is 0 Å². The number of hydrogen-bond acceptors (Lipinski definition) is 6. The minimum absolute atomic E-state index is 0.0372. The summed E-state index contributed by atoms with van der Waals surface area (Å²) in [6, 6.07) is 12.1. The van der Waals surface area contributed by atoms with Crippen molar-refractivity contribution in [1.29, 1.82) is 0 Å². The molecule has 0 aliphatic rings. The van der Waals surface area contributed by atoms with Crippen LogP contribution < -0.4 is 10.3 Å². The van der Waals surface area contributed by atoms with Crippen LogP contribution in [0.1, 0.15) is 0 Å². The molecule has 0 aliphatic heterocycles. The Morgan fingerprint density at radius 2 is 1.83 bits per heavy atom. The van der Waals surface area contributed by atoms with Gasteiger partial charge in [0.05, 0.1) is 28.6 Å². The second-order valence-electron chi connectivity index (χ2n) is 4.78. The number of fused-ring (bicyclic) bond motifs is 1. The van der Waals surface area contributed by atoms with E-state index in [2.05, 4.69) is 4.98 Å². The first-order chi connectivity index (χ1) is 10.9. The zero-order valence-electron chi connectivity index (χ0n) is 12.1. The minimum atomic E-state index is -4.00. The first kappa shape index (κ1) is 15.5. The molecule has 9 heteroatoms. The molecule has 0 fully saturated rings. The van der Waals surface area contributed by atoms with Crippen molar-refractivity contribution < 1.29 is 23.2 Å². The van der Waals surface area contributed by atoms with Crippen LogP contribution in [-0.4, -0.2) is 41.7 Å². The fourth-order valence-electron chi connectivity index (χ4n) is 2.32. The third-order valence-corrected chi connectivity index (χ3v) is 5.13. The minimum Gasteiger partial charge on any atom is -0.481 e. The monoisotopic (exact) mass is 332 g/mol. The van der Waals surface area contributed by atoms with Crippen LogP contribution in [0.25, 0.3) is 11.0 Å². The second kappa shape index (κ2) is 5.69. The molecule has 7 nitrogen and oxygen atoms in total. The maximum Gasteiger partial charge on any atom is 0.507 e. The van der Waals surface area contributed by atoms with Gasteiger partial charge in [-0.15, -0.1) is 0 Å². The van der Waals surface area contributed by atoms with E-state index in [9.17, 15) is 18.5 Å². The summed E-state index contributed by atoms with van der Waals surface area (Å²) in [5.74, 6) is 0.297. The molecule has 0 amide bonds. The fourth-order valence-corrected chi connectivity index (χ4v) is 3.87. The molecule has 0 atom stereocenters. The van der Waals surface area contributed by atoms with Crippen molar-refractivity contribution in [2.75, 3.05) is 7.11 Å². The van der Waals surface area contributed by atoms with Gasteiger partial charge in [0.25, 0.3) is 10.0 Å². The van der Waals surface area contributed by atoms with Crippen LogP contribution in [0.4, 0.5) is 0 Å². The van der Waals surface area contributed by atoms with Crippen molar-refractivity contribution in [3.63, 3.8) is 0 Å². The van der Waals surface area contributed by atoms with Crippen molar-refractivity contribution in [1.82, 2.24) is 8.96 Å². The normalized spacial score (nSPS) is 11.6. The fraction of sp³-hybridized carbons (Fsp3) is 0.0714. The number of nitrogens with zero attached hydrogens (tertiary/aromatic N) is 2. The molecule has 0 saturated heterocycles. The maximum absolute atomic E-state index is 12.9. The molecule has 0 bridgehead atoms. The highest BCUT2D eigenvalue weighted by Crippen LogP contribution is 2.22. The van der Waals surface area contributed by atoms with Gasteiger partial charge in [-0.3, -0.25) is 0 Å². The van der Waals surface area contributed by atoms with E-state index in [1.165, 1.54) is 37.4 Å². The molecule has 118 valence electrons. The van der Waals surface area contributed by atoms with E-state index < -0.39 is 17.1 Å². The van der Waals surface area contributed by atoms with Crippen molar-refractivity contribution in [3.8, 4) is 5.88 Å². The van der Waals surface area contributed by atoms with Crippen LogP contribution in [0.3, 0.4) is 0 Å². The predicted octanol–water partition coefficient (Wildman–Crippen LogP) is -0.0383. The number of benzene rings is 1. The first-order valence-electron chi connectivity index (χ1n) is 6.68. The number of hydrogen-bond donors (Lipinski definition) is 2. The molecule has 0 unspecified atom stereocenters. The molecular formula is C14H13BN2O5S. The molecular weight excluding hydrogens is 319 g/mol. The van der Waals surface area contributed by atoms with E-state index in [0.29, 0.717) is 5.88 Å². The lowest BCUT2D eigenvalue weighted by Gasteiger charge is -2.11. The number of rotatable bonds is 4. The molecule has 3 aromatic rings. The molecule has 2 N–H and O–H groups in total. The summed E-state index contributed by atoms with van der Waals surface area (Å²) in [6.07, 6.45) is 0. The number of ether oxygens (including phenoxy) is 1. The molecule has 0 spiro atoms. The highest BCUT2D eigenvalue weighted by atomic mass is 32.2. The largest absolute Gasteiger partial charge is 0.507 e. The van der Waals surface area contributed by atoms with Crippen LogP contribution in [0.2, 0.25) is 0 Å². The van der Waals surface area contributed by atoms with Gasteiger partial charge in [0, 0.05) is 6.07 Å². The maximum atomic E-state index is 12.9. The van der Waals surface area contributed by atoms with Crippen molar-refractivity contribution in [3.05, 3.63) is 48.5 Å². The Balaban J connectivity index is 2.33. The molecule has 23 heavy (non-hydrogen) atoms. The molecule has 0 aliphatic carbocycles. The van der Waals surface area contributed by atoms with E-state index >= 15 is 0 Å². The lowest BCUT2D eigenvalue weighted by molar-refractivity contribution is 0.399. The van der Waals surface area contributed by atoms with Crippen LogP contribution in [0, 0.1) is 0 Å². The second-order valence-corrected chi connectivity index (χ2v) is 6.57. The molecule has 2 heterocycles. The zero-order valence-corrected chi connectivity index (χ0v) is 12.9. The molecule has 0 saturated carbocycles. The molecule has 1 aromatic carbocycles. The topological polar surface area (TPSA) is 102 Å². The summed E-state index contributed by atoms with van der Waals surface area (Å²) in [5, 5.41) is 19.1. The summed E-state index contributed by atoms with van der Waals surface area (Å²) >= 11 is 0. The van der Waals surface area contributed by atoms with Gasteiger partial charge >= 0.3 is 7.12 Å². The summed E-state index contributed by atoms with van der Waals surface area (Å²) in [6.45, 7) is 0. The van der Waals surface area contributed by atoms with Gasteiger partial charge in [0.2, 0.25) is 5.88 Å². The third-order valence-electron chi connectivity index (χ3n) is 3.37. The van der Waals surface area contributed by atoms with Crippen molar-refractivity contribution >= 4 is 33.8 Å². The third kappa shape index (κ3) is 2.58. The Morgan fingerprint density at radius 3 is 2.43 bits per heavy atom. The Morgan fingerprint density at radius 1 is 1.13 bits per heavy atom. The van der Waals surface area contributed by atoms with Gasteiger partial charge in [-0.1, -0.05) is 18.2 Å². The van der Waals surface area contributed by atoms with Crippen molar-refractivity contribution in [2.24, 2.45) is 0 Å². The lowest BCUT2D eigenvalue weighted by atomic mass is 9.87. The van der Waals surface area contributed by atoms with Crippen LogP contribution in [0.15, 0.2) is 53.4 Å². The summed E-state index contributed by atoms with van der Waals surface area (Å²) < 4.78 is 31.6. The first-order valence-corrected chi connectivity index (χ1v) is 8.12. The van der Waals surface area contributed by atoms with E-state index in [4.69, 9.17) is 4.74 Å². The average molecular weight is 332 g/mol. The van der Waals surface area contributed by atoms with Gasteiger partial charge in [-0.05, 0) is 24.3 Å². The number of aromatic nitrogens is 2. The van der Waals surface area contributed by atoms with E-state index in [0.717, 1.165) is 3.97 Å². The Labute approximate surface area is 133 Å². The molecule has 0 radical (unpaired) electrons. The van der Waals surface area contributed by atoms with Crippen LogP contribution in [-0.2, 0) is 10.0 Å². The van der Waals surface area contributed by atoms with Gasteiger partial charge in [0.15, 0.2) is 0 Å². The smallest absolute Gasteiger partial charge is 0.481 e. The number of pyridine rings is 1. The highest BCUT2D eigenvalue weighted by Gasteiger charge is 2.28. The van der Waals surface area contributed by atoms with Crippen LogP contribution >= 0.6 is 0 Å². The van der Waals surface area contributed by atoms with E-state index in [-0.39, 0.29) is 21.5 Å². The predicted molar refractivity (Wildman–Crippen MR) is 85.1 cm³/mol. The van der Waals surface area contributed by atoms with Crippen molar-refractivity contribution in [2.45, 2.75) is 4.90 Å². The quantitative estimate of drug-likeness (QED) is 0.650. The Bertz CT molecular complexity index is 954. The molecule has 2 aromatic heterocycles. The SMILES string of the molecule is COc1ccc2c(cc(B(O)O)n2S(=O)(=O)c2ccccc2)n1. The molecule has 3 rings (SSSR count). The van der Waals surface area contributed by atoms with Crippen LogP contribution in [0.5, 0.6) is 5.88 Å². The lowest BCUT2D eigenvalue weighted by Crippen LogP contribution is -2.38. The summed E-state index contributed by atoms with van der Waals surface area (Å²) in [7, 11) is -4.53. The van der Waals surface area contributed by atoms with E-state index in [1.807, 2.05) is 0 Å². The summed E-state index contributed by atoms with van der Waals surface area (Å²) in [4.78, 5) is 4.17. The van der Waals surface area contributed by atoms with Gasteiger partial charge < -0.3 is 14.8 Å². The highest BCUT2D eigenvalue weighted by molar-refractivity contribution is 7.90. The average Bonchev–Trinajstić information content (AvgIpc) is 2.95. The Hall–Kier alpha value is -2.36. The van der Waals surface area contributed by atoms with Gasteiger partial charge in [-0.25, -0.2) is 17.4 Å². The van der Waals surface area contributed by atoms with E-state index in [1.54, 1.807) is 18.2 Å².